The Hall–Kier alpha value is 0.570. The molecular formula is C11H19IO4. The number of ether oxygens (including phenoxy) is 4. The maximum Gasteiger partial charge on any atom is 0.163 e. The molecule has 0 radical (unpaired) electrons. The Labute approximate surface area is 110 Å². The van der Waals surface area contributed by atoms with Crippen LogP contribution in [0.5, 0.6) is 0 Å². The Morgan fingerprint density at radius 1 is 1.25 bits per heavy atom. The van der Waals surface area contributed by atoms with Gasteiger partial charge >= 0.3 is 0 Å². The SMILES string of the molecule is COCCO[C@H]1C[C@@H](I)[C@@H]2OC(C)(C)O[C@@H]21. The van der Waals surface area contributed by atoms with Gasteiger partial charge < -0.3 is 18.9 Å². The monoisotopic (exact) mass is 342 g/mol. The lowest BCUT2D eigenvalue weighted by atomic mass is 10.2. The molecule has 0 aromatic rings. The summed E-state index contributed by atoms with van der Waals surface area (Å²) in [6, 6.07) is 0. The van der Waals surface area contributed by atoms with Crippen molar-refractivity contribution in [3.05, 3.63) is 0 Å². The topological polar surface area (TPSA) is 36.9 Å². The molecule has 0 aromatic heterocycles. The zero-order chi connectivity index (χ0) is 11.8. The molecule has 16 heavy (non-hydrogen) atoms. The summed E-state index contributed by atoms with van der Waals surface area (Å²) in [5, 5.41) is 0. The zero-order valence-electron chi connectivity index (χ0n) is 9.94. The Morgan fingerprint density at radius 2 is 1.94 bits per heavy atom. The Morgan fingerprint density at radius 3 is 2.62 bits per heavy atom. The molecule has 0 bridgehead atoms. The summed E-state index contributed by atoms with van der Waals surface area (Å²) >= 11 is 2.43. The number of rotatable bonds is 4. The lowest BCUT2D eigenvalue weighted by molar-refractivity contribution is -0.166. The summed E-state index contributed by atoms with van der Waals surface area (Å²) in [4.78, 5) is 0. The van der Waals surface area contributed by atoms with Crippen molar-refractivity contribution in [3.63, 3.8) is 0 Å². The van der Waals surface area contributed by atoms with E-state index >= 15 is 0 Å². The maximum atomic E-state index is 5.89. The van der Waals surface area contributed by atoms with Crippen molar-refractivity contribution in [1.29, 1.82) is 0 Å². The van der Waals surface area contributed by atoms with Crippen LogP contribution in [0.15, 0.2) is 0 Å². The fourth-order valence-electron chi connectivity index (χ4n) is 2.32. The van der Waals surface area contributed by atoms with Crippen LogP contribution in [0.2, 0.25) is 0 Å². The van der Waals surface area contributed by atoms with E-state index in [-0.39, 0.29) is 18.3 Å². The van der Waals surface area contributed by atoms with Gasteiger partial charge in [0.05, 0.1) is 19.3 Å². The van der Waals surface area contributed by atoms with E-state index in [1.54, 1.807) is 7.11 Å². The molecule has 2 rings (SSSR count). The van der Waals surface area contributed by atoms with E-state index in [2.05, 4.69) is 22.6 Å². The highest BCUT2D eigenvalue weighted by molar-refractivity contribution is 14.1. The molecule has 1 saturated carbocycles. The second-order valence-corrected chi connectivity index (χ2v) is 6.32. The van der Waals surface area contributed by atoms with Crippen molar-refractivity contribution in [1.82, 2.24) is 0 Å². The average Bonchev–Trinajstić information content (AvgIpc) is 2.64. The molecule has 0 aromatic carbocycles. The van der Waals surface area contributed by atoms with Crippen LogP contribution in [0, 0.1) is 0 Å². The van der Waals surface area contributed by atoms with Crippen LogP contribution >= 0.6 is 22.6 Å². The summed E-state index contributed by atoms with van der Waals surface area (Å²) in [5.41, 5.74) is 0. The fourth-order valence-corrected chi connectivity index (χ4v) is 3.38. The Kier molecular flexibility index (Phi) is 4.11. The molecule has 0 spiro atoms. The number of hydrogen-bond acceptors (Lipinski definition) is 4. The van der Waals surface area contributed by atoms with E-state index in [0.29, 0.717) is 17.1 Å². The molecule has 4 atom stereocenters. The van der Waals surface area contributed by atoms with E-state index in [0.717, 1.165) is 6.42 Å². The largest absolute Gasteiger partial charge is 0.382 e. The van der Waals surface area contributed by atoms with Crippen molar-refractivity contribution in [2.75, 3.05) is 20.3 Å². The summed E-state index contributed by atoms with van der Waals surface area (Å²) in [6.45, 7) is 5.17. The van der Waals surface area contributed by atoms with Crippen molar-refractivity contribution in [3.8, 4) is 0 Å². The van der Waals surface area contributed by atoms with Crippen LogP contribution in [0.4, 0.5) is 0 Å². The predicted molar refractivity (Wildman–Crippen MR) is 67.9 cm³/mol. The smallest absolute Gasteiger partial charge is 0.163 e. The number of methoxy groups -OCH3 is 1. The van der Waals surface area contributed by atoms with Gasteiger partial charge in [0, 0.05) is 11.0 Å². The van der Waals surface area contributed by atoms with E-state index in [1.807, 2.05) is 13.8 Å². The molecule has 4 nitrogen and oxygen atoms in total. The number of alkyl halides is 1. The fraction of sp³-hybridized carbons (Fsp3) is 1.00. The first-order valence-corrected chi connectivity index (χ1v) is 6.88. The molecule has 0 N–H and O–H groups in total. The molecule has 2 fully saturated rings. The average molecular weight is 342 g/mol. The molecule has 1 saturated heterocycles. The molecule has 1 aliphatic carbocycles. The first kappa shape index (κ1) is 13.0. The zero-order valence-corrected chi connectivity index (χ0v) is 12.1. The molecule has 1 heterocycles. The number of hydrogen-bond donors (Lipinski definition) is 0. The highest BCUT2D eigenvalue weighted by Crippen LogP contribution is 2.42. The maximum absolute atomic E-state index is 5.89. The first-order chi connectivity index (χ1) is 7.53. The second kappa shape index (κ2) is 5.06. The third kappa shape index (κ3) is 2.69. The van der Waals surface area contributed by atoms with Crippen LogP contribution in [0.25, 0.3) is 0 Å². The van der Waals surface area contributed by atoms with Gasteiger partial charge in [0.2, 0.25) is 0 Å². The minimum Gasteiger partial charge on any atom is -0.382 e. The predicted octanol–water partition coefficient (Wildman–Crippen LogP) is 1.75. The van der Waals surface area contributed by atoms with Gasteiger partial charge in [0.1, 0.15) is 12.2 Å². The molecule has 1 aliphatic heterocycles. The Balaban J connectivity index is 1.91. The van der Waals surface area contributed by atoms with Gasteiger partial charge in [-0.25, -0.2) is 0 Å². The van der Waals surface area contributed by atoms with Gasteiger partial charge in [-0.05, 0) is 20.3 Å². The minimum absolute atomic E-state index is 0.0776. The van der Waals surface area contributed by atoms with E-state index < -0.39 is 5.79 Å². The molecule has 0 unspecified atom stereocenters. The lowest BCUT2D eigenvalue weighted by Gasteiger charge is -2.22. The highest BCUT2D eigenvalue weighted by Gasteiger charge is 2.53. The number of fused-ring (bicyclic) bond motifs is 1. The standard InChI is InChI=1S/C11H19IO4/c1-11(2)15-9-7(12)6-8(10(9)16-11)14-5-4-13-3/h7-10H,4-6H2,1-3H3/t7-,8+,9+,10-/m1/s1. The van der Waals surface area contributed by atoms with E-state index in [4.69, 9.17) is 18.9 Å². The van der Waals surface area contributed by atoms with Gasteiger partial charge in [0.25, 0.3) is 0 Å². The highest BCUT2D eigenvalue weighted by atomic mass is 127. The van der Waals surface area contributed by atoms with Crippen LogP contribution in [-0.4, -0.2) is 48.3 Å². The van der Waals surface area contributed by atoms with Crippen molar-refractivity contribution >= 4 is 22.6 Å². The number of halogens is 1. The first-order valence-electron chi connectivity index (χ1n) is 5.64. The van der Waals surface area contributed by atoms with Crippen molar-refractivity contribution in [2.24, 2.45) is 0 Å². The van der Waals surface area contributed by atoms with Crippen molar-refractivity contribution < 1.29 is 18.9 Å². The van der Waals surface area contributed by atoms with Gasteiger partial charge in [-0.15, -0.1) is 0 Å². The molecule has 0 amide bonds. The van der Waals surface area contributed by atoms with Gasteiger partial charge in [-0.3, -0.25) is 0 Å². The third-order valence-electron chi connectivity index (χ3n) is 2.96. The van der Waals surface area contributed by atoms with Gasteiger partial charge in [-0.2, -0.15) is 0 Å². The third-order valence-corrected chi connectivity index (χ3v) is 4.18. The molecule has 2 aliphatic rings. The summed E-state index contributed by atoms with van der Waals surface area (Å²) in [6.07, 6.45) is 1.39. The van der Waals surface area contributed by atoms with Gasteiger partial charge in [-0.1, -0.05) is 22.6 Å². The normalized spacial score (nSPS) is 41.2. The molecule has 94 valence electrons. The quantitative estimate of drug-likeness (QED) is 0.443. The molecule has 5 heteroatoms. The van der Waals surface area contributed by atoms with Crippen LogP contribution in [-0.2, 0) is 18.9 Å². The van der Waals surface area contributed by atoms with Crippen LogP contribution < -0.4 is 0 Å². The van der Waals surface area contributed by atoms with Crippen LogP contribution in [0.1, 0.15) is 20.3 Å². The second-order valence-electron chi connectivity index (χ2n) is 4.72. The van der Waals surface area contributed by atoms with Gasteiger partial charge in [0.15, 0.2) is 5.79 Å². The van der Waals surface area contributed by atoms with Crippen LogP contribution in [0.3, 0.4) is 0 Å². The molecular weight excluding hydrogens is 323 g/mol. The van der Waals surface area contributed by atoms with E-state index in [9.17, 15) is 0 Å². The minimum atomic E-state index is -0.470. The lowest BCUT2D eigenvalue weighted by Crippen LogP contribution is -2.31. The van der Waals surface area contributed by atoms with Crippen molar-refractivity contribution in [2.45, 2.75) is 48.3 Å². The summed E-state index contributed by atoms with van der Waals surface area (Å²) < 4.78 is 23.0. The van der Waals surface area contributed by atoms with E-state index in [1.165, 1.54) is 0 Å². The summed E-state index contributed by atoms with van der Waals surface area (Å²) in [7, 11) is 1.68. The summed E-state index contributed by atoms with van der Waals surface area (Å²) in [5.74, 6) is -0.470. The Bertz CT molecular complexity index is 246.